The van der Waals surface area contributed by atoms with Gasteiger partial charge in [0, 0.05) is 24.6 Å². The number of carbonyl (C=O) groups is 1. The SMILES string of the molecule is CC(=O)NCC#Cc1cc2cccnc2cc1F. The van der Waals surface area contributed by atoms with E-state index in [-0.39, 0.29) is 12.5 Å². The predicted octanol–water partition coefficient (Wildman–Crippen LogP) is 1.86. The molecule has 0 unspecified atom stereocenters. The van der Waals surface area contributed by atoms with E-state index < -0.39 is 5.82 Å². The first-order valence-corrected chi connectivity index (χ1v) is 5.44. The lowest BCUT2D eigenvalue weighted by atomic mass is 10.1. The van der Waals surface area contributed by atoms with Gasteiger partial charge in [-0.25, -0.2) is 4.39 Å². The van der Waals surface area contributed by atoms with Gasteiger partial charge in [0.25, 0.3) is 0 Å². The van der Waals surface area contributed by atoms with Crippen LogP contribution in [0.4, 0.5) is 4.39 Å². The van der Waals surface area contributed by atoms with E-state index in [1.165, 1.54) is 13.0 Å². The summed E-state index contributed by atoms with van der Waals surface area (Å²) in [4.78, 5) is 14.7. The monoisotopic (exact) mass is 242 g/mol. The standard InChI is InChI=1S/C14H11FN2O/c1-10(18)16-6-2-4-11-8-12-5-3-7-17-14(12)9-13(11)15/h3,5,7-9H,6H2,1H3,(H,16,18). The molecule has 0 radical (unpaired) electrons. The third kappa shape index (κ3) is 2.83. The van der Waals surface area contributed by atoms with E-state index in [9.17, 15) is 9.18 Å². The Kier molecular flexibility index (Phi) is 3.54. The average Bonchev–Trinajstić information content (AvgIpc) is 2.34. The van der Waals surface area contributed by atoms with Crippen LogP contribution in [0.15, 0.2) is 30.5 Å². The highest BCUT2D eigenvalue weighted by Gasteiger charge is 2.02. The molecule has 18 heavy (non-hydrogen) atoms. The van der Waals surface area contributed by atoms with Crippen molar-refractivity contribution in [2.24, 2.45) is 0 Å². The topological polar surface area (TPSA) is 42.0 Å². The first-order valence-electron chi connectivity index (χ1n) is 5.44. The van der Waals surface area contributed by atoms with Crippen LogP contribution < -0.4 is 5.32 Å². The molecule has 0 saturated heterocycles. The van der Waals surface area contributed by atoms with Gasteiger partial charge in [0.2, 0.25) is 5.91 Å². The molecular weight excluding hydrogens is 231 g/mol. The number of fused-ring (bicyclic) bond motifs is 1. The van der Waals surface area contributed by atoms with Crippen LogP contribution in [0.1, 0.15) is 12.5 Å². The number of hydrogen-bond donors (Lipinski definition) is 1. The molecule has 0 aliphatic carbocycles. The largest absolute Gasteiger partial charge is 0.345 e. The molecule has 1 N–H and O–H groups in total. The van der Waals surface area contributed by atoms with Crippen molar-refractivity contribution in [3.8, 4) is 11.8 Å². The molecule has 0 fully saturated rings. The van der Waals surface area contributed by atoms with Crippen molar-refractivity contribution in [3.63, 3.8) is 0 Å². The van der Waals surface area contributed by atoms with Crippen LogP contribution in [0.25, 0.3) is 10.9 Å². The van der Waals surface area contributed by atoms with Gasteiger partial charge in [0.05, 0.1) is 17.6 Å². The summed E-state index contributed by atoms with van der Waals surface area (Å²) in [6.45, 7) is 1.61. The zero-order valence-corrected chi connectivity index (χ0v) is 9.83. The van der Waals surface area contributed by atoms with Gasteiger partial charge in [-0.15, -0.1) is 0 Å². The zero-order chi connectivity index (χ0) is 13.0. The van der Waals surface area contributed by atoms with Gasteiger partial charge in [-0.05, 0) is 12.1 Å². The van der Waals surface area contributed by atoms with Crippen molar-refractivity contribution in [2.45, 2.75) is 6.92 Å². The fourth-order valence-electron chi connectivity index (χ4n) is 1.50. The van der Waals surface area contributed by atoms with Crippen LogP contribution in [-0.4, -0.2) is 17.4 Å². The Balaban J connectivity index is 2.27. The lowest BCUT2D eigenvalue weighted by molar-refractivity contribution is -0.118. The number of nitrogens with zero attached hydrogens (tertiary/aromatic N) is 1. The van der Waals surface area contributed by atoms with Crippen LogP contribution in [0.5, 0.6) is 0 Å². The average molecular weight is 242 g/mol. The molecule has 90 valence electrons. The third-order valence-electron chi connectivity index (χ3n) is 2.34. The van der Waals surface area contributed by atoms with Gasteiger partial charge in [-0.1, -0.05) is 17.9 Å². The Hall–Kier alpha value is -2.41. The molecule has 0 bridgehead atoms. The highest BCUT2D eigenvalue weighted by molar-refractivity contribution is 5.80. The number of pyridine rings is 1. The van der Waals surface area contributed by atoms with E-state index in [4.69, 9.17) is 0 Å². The molecule has 0 atom stereocenters. The Morgan fingerprint density at radius 2 is 2.33 bits per heavy atom. The summed E-state index contributed by atoms with van der Waals surface area (Å²) in [5.74, 6) is 4.82. The minimum Gasteiger partial charge on any atom is -0.345 e. The van der Waals surface area contributed by atoms with E-state index in [0.29, 0.717) is 11.1 Å². The second-order valence-corrected chi connectivity index (χ2v) is 3.74. The number of rotatable bonds is 1. The number of hydrogen-bond acceptors (Lipinski definition) is 2. The number of amides is 1. The number of aromatic nitrogens is 1. The van der Waals surface area contributed by atoms with Gasteiger partial charge in [0.15, 0.2) is 0 Å². The molecule has 1 amide bonds. The van der Waals surface area contributed by atoms with Crippen LogP contribution in [0.2, 0.25) is 0 Å². The van der Waals surface area contributed by atoms with Crippen LogP contribution in [0, 0.1) is 17.7 Å². The van der Waals surface area contributed by atoms with Crippen molar-refractivity contribution in [3.05, 3.63) is 41.8 Å². The molecule has 4 heteroatoms. The minimum absolute atomic E-state index is 0.160. The molecule has 1 heterocycles. The maximum atomic E-state index is 13.7. The second-order valence-electron chi connectivity index (χ2n) is 3.74. The van der Waals surface area contributed by atoms with Gasteiger partial charge in [-0.3, -0.25) is 9.78 Å². The van der Waals surface area contributed by atoms with Gasteiger partial charge >= 0.3 is 0 Å². The summed E-state index contributed by atoms with van der Waals surface area (Å²) in [5.41, 5.74) is 0.906. The van der Waals surface area contributed by atoms with E-state index in [1.54, 1.807) is 18.3 Å². The maximum Gasteiger partial charge on any atom is 0.217 e. The van der Waals surface area contributed by atoms with Crippen molar-refractivity contribution in [1.82, 2.24) is 10.3 Å². The summed E-state index contributed by atoms with van der Waals surface area (Å²) in [5, 5.41) is 3.36. The first-order chi connectivity index (χ1) is 8.66. The van der Waals surface area contributed by atoms with Gasteiger partial charge < -0.3 is 5.32 Å². The summed E-state index contributed by atoms with van der Waals surface area (Å²) >= 11 is 0. The molecule has 3 nitrogen and oxygen atoms in total. The summed E-state index contributed by atoms with van der Waals surface area (Å²) in [6, 6.07) is 6.64. The Morgan fingerprint density at radius 3 is 3.11 bits per heavy atom. The lowest BCUT2D eigenvalue weighted by Crippen LogP contribution is -2.19. The fraction of sp³-hybridized carbons (Fsp3) is 0.143. The molecular formula is C14H11FN2O. The van der Waals surface area contributed by atoms with E-state index in [0.717, 1.165) is 5.39 Å². The highest BCUT2D eigenvalue weighted by atomic mass is 19.1. The third-order valence-corrected chi connectivity index (χ3v) is 2.34. The minimum atomic E-state index is -0.406. The van der Waals surface area contributed by atoms with E-state index in [2.05, 4.69) is 22.1 Å². The molecule has 2 aromatic rings. The molecule has 0 aliphatic rings. The van der Waals surface area contributed by atoms with E-state index in [1.807, 2.05) is 6.07 Å². The summed E-state index contributed by atoms with van der Waals surface area (Å²) < 4.78 is 13.7. The second kappa shape index (κ2) is 5.28. The number of benzene rings is 1. The van der Waals surface area contributed by atoms with Gasteiger partial charge in [0.1, 0.15) is 5.82 Å². The number of carbonyl (C=O) groups excluding carboxylic acids is 1. The van der Waals surface area contributed by atoms with Crippen LogP contribution in [-0.2, 0) is 4.79 Å². The molecule has 0 aliphatic heterocycles. The van der Waals surface area contributed by atoms with Crippen LogP contribution in [0.3, 0.4) is 0 Å². The molecule has 0 spiro atoms. The Labute approximate surface area is 104 Å². The lowest BCUT2D eigenvalue weighted by Gasteiger charge is -1.99. The maximum absolute atomic E-state index is 13.7. The predicted molar refractivity (Wildman–Crippen MR) is 67.3 cm³/mol. The molecule has 2 rings (SSSR count). The normalized spacial score (nSPS) is 9.67. The highest BCUT2D eigenvalue weighted by Crippen LogP contribution is 2.16. The number of nitrogens with one attached hydrogen (secondary N) is 1. The zero-order valence-electron chi connectivity index (χ0n) is 9.83. The Morgan fingerprint density at radius 1 is 1.50 bits per heavy atom. The fourth-order valence-corrected chi connectivity index (χ4v) is 1.50. The summed E-state index contributed by atoms with van der Waals surface area (Å²) in [6.07, 6.45) is 1.61. The first kappa shape index (κ1) is 12.1. The quantitative estimate of drug-likeness (QED) is 0.775. The molecule has 1 aromatic carbocycles. The Bertz CT molecular complexity index is 656. The van der Waals surface area contributed by atoms with Crippen molar-refractivity contribution in [1.29, 1.82) is 0 Å². The molecule has 0 saturated carbocycles. The van der Waals surface area contributed by atoms with Crippen molar-refractivity contribution >= 4 is 16.8 Å². The number of halogens is 1. The summed E-state index contributed by atoms with van der Waals surface area (Å²) in [7, 11) is 0. The van der Waals surface area contributed by atoms with Crippen LogP contribution >= 0.6 is 0 Å². The molecule has 1 aromatic heterocycles. The smallest absolute Gasteiger partial charge is 0.217 e. The van der Waals surface area contributed by atoms with E-state index >= 15 is 0 Å². The van der Waals surface area contributed by atoms with Gasteiger partial charge in [-0.2, -0.15) is 0 Å². The van der Waals surface area contributed by atoms with Crippen molar-refractivity contribution in [2.75, 3.05) is 6.54 Å². The van der Waals surface area contributed by atoms with Crippen molar-refractivity contribution < 1.29 is 9.18 Å².